The summed E-state index contributed by atoms with van der Waals surface area (Å²) in [7, 11) is 0. The number of aryl methyl sites for hydroxylation is 1. The highest BCUT2D eigenvalue weighted by atomic mass is 127. The zero-order chi connectivity index (χ0) is 23.4. The average molecular weight is 618 g/mol. The largest absolute Gasteiger partial charge is 0.490 e. The molecule has 0 aromatic heterocycles. The van der Waals surface area contributed by atoms with E-state index in [2.05, 4.69) is 62.6 Å². The molecule has 0 atom stereocenters. The van der Waals surface area contributed by atoms with Gasteiger partial charge >= 0.3 is 5.97 Å². The first-order valence-electron chi connectivity index (χ1n) is 10.4. The summed E-state index contributed by atoms with van der Waals surface area (Å²) in [5.41, 5.74) is 4.02. The molecule has 168 valence electrons. The number of esters is 1. The molecule has 1 aliphatic rings. The smallest absolute Gasteiger partial charge is 0.363 e. The summed E-state index contributed by atoms with van der Waals surface area (Å²) in [5.74, 6) is 1.08. The van der Waals surface area contributed by atoms with E-state index in [-0.39, 0.29) is 11.6 Å². The van der Waals surface area contributed by atoms with E-state index >= 15 is 0 Å². The van der Waals surface area contributed by atoms with Gasteiger partial charge in [-0.3, -0.25) is 0 Å². The Morgan fingerprint density at radius 3 is 2.61 bits per heavy atom. The molecule has 33 heavy (non-hydrogen) atoms. The molecule has 4 rings (SSSR count). The molecule has 0 unspecified atom stereocenters. The fraction of sp³-hybridized carbons (Fsp3) is 0.154. The molecule has 3 aromatic carbocycles. The first-order chi connectivity index (χ1) is 15.9. The number of rotatable bonds is 7. The lowest BCUT2D eigenvalue weighted by Gasteiger charge is -2.15. The van der Waals surface area contributed by atoms with Gasteiger partial charge in [0.1, 0.15) is 6.61 Å². The maximum absolute atomic E-state index is 12.4. The third kappa shape index (κ3) is 5.83. The van der Waals surface area contributed by atoms with Crippen LogP contribution in [0.5, 0.6) is 11.5 Å². The normalized spacial score (nSPS) is 14.2. The Balaban J connectivity index is 1.61. The van der Waals surface area contributed by atoms with Gasteiger partial charge in [-0.1, -0.05) is 51.8 Å². The predicted molar refractivity (Wildman–Crippen MR) is 141 cm³/mol. The molecule has 0 radical (unpaired) electrons. The minimum atomic E-state index is -0.488. The summed E-state index contributed by atoms with van der Waals surface area (Å²) in [5, 5.41) is 0. The second-order valence-corrected chi connectivity index (χ2v) is 9.46. The minimum Gasteiger partial charge on any atom is -0.490 e. The van der Waals surface area contributed by atoms with Gasteiger partial charge in [0.2, 0.25) is 5.90 Å². The monoisotopic (exact) mass is 617 g/mol. The van der Waals surface area contributed by atoms with Crippen LogP contribution in [0.3, 0.4) is 0 Å². The van der Waals surface area contributed by atoms with Crippen LogP contribution < -0.4 is 9.47 Å². The molecule has 1 heterocycles. The van der Waals surface area contributed by atoms with Crippen molar-refractivity contribution in [2.75, 3.05) is 6.61 Å². The number of benzene rings is 3. The number of halogens is 2. The van der Waals surface area contributed by atoms with Crippen LogP contribution in [0.4, 0.5) is 0 Å². The van der Waals surface area contributed by atoms with Gasteiger partial charge in [-0.15, -0.1) is 0 Å². The third-order valence-corrected chi connectivity index (χ3v) is 6.13. The fourth-order valence-corrected chi connectivity index (χ4v) is 4.41. The Kier molecular flexibility index (Phi) is 7.49. The molecule has 0 bridgehead atoms. The number of ether oxygens (including phenoxy) is 3. The van der Waals surface area contributed by atoms with Crippen molar-refractivity contribution in [3.8, 4) is 11.5 Å². The van der Waals surface area contributed by atoms with Crippen molar-refractivity contribution in [3.05, 3.63) is 96.7 Å². The molecular weight excluding hydrogens is 597 g/mol. The van der Waals surface area contributed by atoms with Crippen molar-refractivity contribution in [3.63, 3.8) is 0 Å². The second kappa shape index (κ2) is 10.5. The Morgan fingerprint density at radius 1 is 1.09 bits per heavy atom. The molecule has 3 aromatic rings. The molecule has 0 N–H and O–H groups in total. The third-order valence-electron chi connectivity index (χ3n) is 4.83. The van der Waals surface area contributed by atoms with Gasteiger partial charge in [-0.2, -0.15) is 0 Å². The van der Waals surface area contributed by atoms with Gasteiger partial charge in [0, 0.05) is 10.0 Å². The highest BCUT2D eigenvalue weighted by Crippen LogP contribution is 2.36. The van der Waals surface area contributed by atoms with E-state index in [1.807, 2.05) is 55.5 Å². The summed E-state index contributed by atoms with van der Waals surface area (Å²) in [6.45, 7) is 4.90. The highest BCUT2D eigenvalue weighted by Gasteiger charge is 2.24. The van der Waals surface area contributed by atoms with Gasteiger partial charge in [0.15, 0.2) is 17.2 Å². The second-order valence-electron chi connectivity index (χ2n) is 7.38. The maximum atomic E-state index is 12.4. The Hall–Kier alpha value is -2.65. The molecule has 7 heteroatoms. The molecular formula is C26H21BrINO4. The van der Waals surface area contributed by atoms with Gasteiger partial charge in [0.05, 0.1) is 10.2 Å². The topological polar surface area (TPSA) is 57.1 Å². The van der Waals surface area contributed by atoms with E-state index in [1.165, 1.54) is 5.56 Å². The number of nitrogens with zero attached hydrogens (tertiary/aromatic N) is 1. The van der Waals surface area contributed by atoms with E-state index in [0.29, 0.717) is 24.7 Å². The first kappa shape index (κ1) is 23.5. The van der Waals surface area contributed by atoms with E-state index < -0.39 is 5.97 Å². The molecule has 0 amide bonds. The average Bonchev–Trinajstić information content (AvgIpc) is 3.15. The molecule has 0 saturated heterocycles. The van der Waals surface area contributed by atoms with E-state index in [9.17, 15) is 4.79 Å². The predicted octanol–water partition coefficient (Wildman–Crippen LogP) is 6.68. The lowest BCUT2D eigenvalue weighted by atomic mass is 10.1. The lowest BCUT2D eigenvalue weighted by molar-refractivity contribution is -0.129. The van der Waals surface area contributed by atoms with Crippen molar-refractivity contribution in [2.24, 2.45) is 4.99 Å². The summed E-state index contributed by atoms with van der Waals surface area (Å²) >= 11 is 5.64. The number of hydrogen-bond donors (Lipinski definition) is 0. The van der Waals surface area contributed by atoms with Gasteiger partial charge in [-0.25, -0.2) is 9.79 Å². The van der Waals surface area contributed by atoms with Crippen LogP contribution >= 0.6 is 38.5 Å². The molecule has 0 fully saturated rings. The van der Waals surface area contributed by atoms with Gasteiger partial charge in [0.25, 0.3) is 0 Å². The van der Waals surface area contributed by atoms with Crippen LogP contribution in [0.15, 0.2) is 75.8 Å². The number of aliphatic imine (C=N–C) groups is 1. The summed E-state index contributed by atoms with van der Waals surface area (Å²) in [6, 6.07) is 19.5. The quantitative estimate of drug-likeness (QED) is 0.169. The van der Waals surface area contributed by atoms with Crippen molar-refractivity contribution in [2.45, 2.75) is 20.5 Å². The minimum absolute atomic E-state index is 0.233. The van der Waals surface area contributed by atoms with Crippen LogP contribution in [-0.2, 0) is 16.1 Å². The number of carbonyl (C=O) groups excluding carboxylic acids is 1. The van der Waals surface area contributed by atoms with E-state index in [4.69, 9.17) is 14.2 Å². The lowest BCUT2D eigenvalue weighted by Crippen LogP contribution is -2.05. The first-order valence-corrected chi connectivity index (χ1v) is 12.2. The van der Waals surface area contributed by atoms with Crippen LogP contribution in [-0.4, -0.2) is 18.5 Å². The van der Waals surface area contributed by atoms with Crippen molar-refractivity contribution < 1.29 is 19.0 Å². The van der Waals surface area contributed by atoms with E-state index in [1.54, 1.807) is 6.08 Å². The van der Waals surface area contributed by atoms with Crippen LogP contribution in [0.2, 0.25) is 0 Å². The maximum Gasteiger partial charge on any atom is 0.363 e. The standard InChI is InChI=1S/C26H21BrINO4/c1-3-31-23-13-18(11-21(28)24(23)32-15-17-9-7-16(2)8-10-17)12-22-26(30)33-25(29-22)19-5-4-6-20(27)14-19/h4-14H,3,15H2,1-2H3/b22-12-. The molecule has 5 nitrogen and oxygen atoms in total. The van der Waals surface area contributed by atoms with Crippen molar-refractivity contribution >= 4 is 56.5 Å². The Bertz CT molecular complexity index is 1250. The van der Waals surface area contributed by atoms with Crippen molar-refractivity contribution in [1.82, 2.24) is 0 Å². The van der Waals surface area contributed by atoms with E-state index in [0.717, 1.165) is 24.7 Å². The number of carbonyl (C=O) groups is 1. The number of hydrogen-bond acceptors (Lipinski definition) is 5. The van der Waals surface area contributed by atoms with Gasteiger partial charge < -0.3 is 14.2 Å². The zero-order valence-electron chi connectivity index (χ0n) is 18.1. The summed E-state index contributed by atoms with van der Waals surface area (Å²) in [6.07, 6.45) is 1.70. The number of cyclic esters (lactones) is 1. The van der Waals surface area contributed by atoms with Crippen molar-refractivity contribution in [1.29, 1.82) is 0 Å². The molecule has 0 spiro atoms. The summed E-state index contributed by atoms with van der Waals surface area (Å²) < 4.78 is 19.1. The van der Waals surface area contributed by atoms with Crippen LogP contribution in [0.25, 0.3) is 6.08 Å². The Labute approximate surface area is 214 Å². The Morgan fingerprint density at radius 2 is 1.88 bits per heavy atom. The molecule has 0 aliphatic carbocycles. The molecule has 0 saturated carbocycles. The fourth-order valence-electron chi connectivity index (χ4n) is 3.23. The SMILES string of the molecule is CCOc1cc(/C=C2\N=C(c3cccc(Br)c3)OC2=O)cc(I)c1OCc1ccc(C)cc1. The highest BCUT2D eigenvalue weighted by molar-refractivity contribution is 14.1. The van der Waals surface area contributed by atoms with Crippen LogP contribution in [0, 0.1) is 10.5 Å². The van der Waals surface area contributed by atoms with Gasteiger partial charge in [-0.05, 0) is 84.0 Å². The summed E-state index contributed by atoms with van der Waals surface area (Å²) in [4.78, 5) is 16.8. The zero-order valence-corrected chi connectivity index (χ0v) is 21.8. The molecule has 1 aliphatic heterocycles. The van der Waals surface area contributed by atoms with Crippen LogP contribution in [0.1, 0.15) is 29.2 Å².